The van der Waals surface area contributed by atoms with Crippen LogP contribution in [0.25, 0.3) is 0 Å². The summed E-state index contributed by atoms with van der Waals surface area (Å²) in [6, 6.07) is 2.91. The van der Waals surface area contributed by atoms with E-state index in [1.807, 2.05) is 0 Å². The number of H-pyrrole nitrogens is 1. The molecule has 0 aliphatic carbocycles. The van der Waals surface area contributed by atoms with Crippen molar-refractivity contribution in [2.45, 2.75) is 0 Å². The fraction of sp³-hybridized carbons (Fsp3) is 0. The summed E-state index contributed by atoms with van der Waals surface area (Å²) in [5, 5.41) is 10.9. The molecule has 0 bridgehead atoms. The number of nitrogens with zero attached hydrogens (tertiary/aromatic N) is 1. The van der Waals surface area contributed by atoms with Crippen molar-refractivity contribution in [2.75, 3.05) is 0 Å². The number of nitrogens with one attached hydrogen (secondary N) is 1. The van der Waals surface area contributed by atoms with Crippen molar-refractivity contribution >= 4 is 6.21 Å². The van der Waals surface area contributed by atoms with E-state index < -0.39 is 0 Å². The van der Waals surface area contributed by atoms with Gasteiger partial charge in [0.2, 0.25) is 5.56 Å². The standard InChI is InChI=1S/C6H6N2O2/c9-6-2-1-5(3-7-6)4-8-10/h1-4,10H,(H,7,9)/b8-4+. The topological polar surface area (TPSA) is 65.4 Å². The lowest BCUT2D eigenvalue weighted by Gasteiger charge is -1.86. The Kier molecular flexibility index (Phi) is 1.84. The van der Waals surface area contributed by atoms with E-state index in [-0.39, 0.29) is 5.56 Å². The molecule has 1 aromatic heterocycles. The van der Waals surface area contributed by atoms with Crippen molar-refractivity contribution in [3.8, 4) is 0 Å². The van der Waals surface area contributed by atoms with Crippen molar-refractivity contribution in [1.82, 2.24) is 4.98 Å². The second kappa shape index (κ2) is 2.82. The summed E-state index contributed by atoms with van der Waals surface area (Å²) in [5.41, 5.74) is 0.484. The Labute approximate surface area is 56.8 Å². The molecule has 0 atom stereocenters. The summed E-state index contributed by atoms with van der Waals surface area (Å²) in [4.78, 5) is 12.9. The molecule has 0 saturated heterocycles. The number of aromatic nitrogens is 1. The fourth-order valence-corrected chi connectivity index (χ4v) is 0.570. The van der Waals surface area contributed by atoms with Crippen molar-refractivity contribution in [1.29, 1.82) is 0 Å². The predicted molar refractivity (Wildman–Crippen MR) is 36.4 cm³/mol. The molecular formula is C6H6N2O2. The summed E-state index contributed by atoms with van der Waals surface area (Å²) in [5.74, 6) is 0. The van der Waals surface area contributed by atoms with Crippen LogP contribution >= 0.6 is 0 Å². The zero-order chi connectivity index (χ0) is 7.40. The maximum atomic E-state index is 10.5. The number of oxime groups is 1. The molecule has 4 nitrogen and oxygen atoms in total. The maximum Gasteiger partial charge on any atom is 0.247 e. The lowest BCUT2D eigenvalue weighted by Crippen LogP contribution is -2.02. The monoisotopic (exact) mass is 138 g/mol. The number of rotatable bonds is 1. The first-order valence-electron chi connectivity index (χ1n) is 2.69. The van der Waals surface area contributed by atoms with Crippen LogP contribution in [-0.4, -0.2) is 16.4 Å². The smallest absolute Gasteiger partial charge is 0.247 e. The van der Waals surface area contributed by atoms with Gasteiger partial charge in [-0.1, -0.05) is 5.16 Å². The van der Waals surface area contributed by atoms with Crippen molar-refractivity contribution in [2.24, 2.45) is 5.16 Å². The molecule has 52 valence electrons. The Morgan fingerprint density at radius 3 is 2.90 bits per heavy atom. The van der Waals surface area contributed by atoms with Gasteiger partial charge >= 0.3 is 0 Å². The minimum absolute atomic E-state index is 0.171. The molecule has 0 aromatic carbocycles. The van der Waals surface area contributed by atoms with Crippen LogP contribution in [0.15, 0.2) is 28.3 Å². The number of aromatic amines is 1. The van der Waals surface area contributed by atoms with E-state index in [0.717, 1.165) is 0 Å². The van der Waals surface area contributed by atoms with Crippen LogP contribution < -0.4 is 5.56 Å². The average molecular weight is 138 g/mol. The van der Waals surface area contributed by atoms with Gasteiger partial charge in [0.15, 0.2) is 0 Å². The van der Waals surface area contributed by atoms with Crippen LogP contribution in [0.1, 0.15) is 5.56 Å². The molecule has 1 heterocycles. The van der Waals surface area contributed by atoms with Crippen LogP contribution in [0.4, 0.5) is 0 Å². The molecule has 0 aliphatic rings. The van der Waals surface area contributed by atoms with Crippen molar-refractivity contribution < 1.29 is 5.21 Å². The van der Waals surface area contributed by atoms with Crippen LogP contribution in [0.5, 0.6) is 0 Å². The quantitative estimate of drug-likeness (QED) is 0.330. The van der Waals surface area contributed by atoms with Crippen molar-refractivity contribution in [3.63, 3.8) is 0 Å². The molecule has 0 unspecified atom stereocenters. The van der Waals surface area contributed by atoms with E-state index in [0.29, 0.717) is 5.56 Å². The molecule has 0 aliphatic heterocycles. The second-order valence-electron chi connectivity index (χ2n) is 1.73. The Morgan fingerprint density at radius 1 is 1.60 bits per heavy atom. The van der Waals surface area contributed by atoms with Gasteiger partial charge in [-0.25, -0.2) is 0 Å². The number of hydrogen-bond acceptors (Lipinski definition) is 3. The summed E-state index contributed by atoms with van der Waals surface area (Å²) in [6.07, 6.45) is 2.69. The van der Waals surface area contributed by atoms with Gasteiger partial charge in [0.25, 0.3) is 0 Å². The zero-order valence-electron chi connectivity index (χ0n) is 5.11. The third kappa shape index (κ3) is 1.45. The molecule has 1 rings (SSSR count). The highest BCUT2D eigenvalue weighted by Crippen LogP contribution is 1.85. The SMILES string of the molecule is O=c1ccc(/C=N/O)c[nH]1. The van der Waals surface area contributed by atoms with Gasteiger partial charge in [-0.15, -0.1) is 0 Å². The molecule has 0 radical (unpaired) electrons. The molecule has 0 saturated carbocycles. The van der Waals surface area contributed by atoms with Crippen LogP contribution in [0.3, 0.4) is 0 Å². The van der Waals surface area contributed by atoms with Gasteiger partial charge in [-0.3, -0.25) is 4.79 Å². The lowest BCUT2D eigenvalue weighted by molar-refractivity contribution is 0.322. The highest BCUT2D eigenvalue weighted by molar-refractivity contribution is 5.78. The minimum Gasteiger partial charge on any atom is -0.411 e. The first kappa shape index (κ1) is 6.54. The van der Waals surface area contributed by atoms with Gasteiger partial charge in [0.05, 0.1) is 6.21 Å². The van der Waals surface area contributed by atoms with Gasteiger partial charge < -0.3 is 10.2 Å². The normalized spacial score (nSPS) is 10.4. The molecule has 4 heteroatoms. The average Bonchev–Trinajstić information content (AvgIpc) is 1.95. The molecule has 0 amide bonds. The fourth-order valence-electron chi connectivity index (χ4n) is 0.570. The van der Waals surface area contributed by atoms with Gasteiger partial charge in [-0.05, 0) is 6.07 Å². The number of pyridine rings is 1. The first-order valence-corrected chi connectivity index (χ1v) is 2.69. The summed E-state index contributed by atoms with van der Waals surface area (Å²) < 4.78 is 0. The van der Waals surface area contributed by atoms with E-state index in [1.54, 1.807) is 6.07 Å². The molecule has 0 spiro atoms. The summed E-state index contributed by atoms with van der Waals surface area (Å²) >= 11 is 0. The zero-order valence-corrected chi connectivity index (χ0v) is 5.11. The van der Waals surface area contributed by atoms with Gasteiger partial charge in [-0.2, -0.15) is 0 Å². The minimum atomic E-state index is -0.171. The Bertz CT molecular complexity index is 270. The molecule has 1 aromatic rings. The Balaban J connectivity index is 3.00. The maximum absolute atomic E-state index is 10.5. The molecular weight excluding hydrogens is 132 g/mol. The largest absolute Gasteiger partial charge is 0.411 e. The van der Waals surface area contributed by atoms with Crippen LogP contribution in [-0.2, 0) is 0 Å². The van der Waals surface area contributed by atoms with E-state index >= 15 is 0 Å². The van der Waals surface area contributed by atoms with Crippen LogP contribution in [0, 0.1) is 0 Å². The van der Waals surface area contributed by atoms with Crippen LogP contribution in [0.2, 0.25) is 0 Å². The second-order valence-corrected chi connectivity index (χ2v) is 1.73. The molecule has 0 fully saturated rings. The predicted octanol–water partition coefficient (Wildman–Crippen LogP) is 0.183. The Morgan fingerprint density at radius 2 is 2.40 bits per heavy atom. The number of hydrogen-bond donors (Lipinski definition) is 2. The third-order valence-corrected chi connectivity index (χ3v) is 1.02. The lowest BCUT2D eigenvalue weighted by atomic mass is 10.3. The van der Waals surface area contributed by atoms with E-state index in [4.69, 9.17) is 5.21 Å². The highest BCUT2D eigenvalue weighted by Gasteiger charge is 1.84. The van der Waals surface area contributed by atoms with E-state index in [9.17, 15) is 4.79 Å². The summed E-state index contributed by atoms with van der Waals surface area (Å²) in [7, 11) is 0. The van der Waals surface area contributed by atoms with E-state index in [1.165, 1.54) is 18.5 Å². The van der Waals surface area contributed by atoms with Gasteiger partial charge in [0, 0.05) is 17.8 Å². The van der Waals surface area contributed by atoms with Gasteiger partial charge in [0.1, 0.15) is 0 Å². The summed E-state index contributed by atoms with van der Waals surface area (Å²) in [6.45, 7) is 0. The van der Waals surface area contributed by atoms with Crippen molar-refractivity contribution in [3.05, 3.63) is 34.2 Å². The first-order chi connectivity index (χ1) is 4.83. The Hall–Kier alpha value is -1.58. The third-order valence-electron chi connectivity index (χ3n) is 1.02. The molecule has 10 heavy (non-hydrogen) atoms. The highest BCUT2D eigenvalue weighted by atomic mass is 16.4. The molecule has 2 N–H and O–H groups in total. The van der Waals surface area contributed by atoms with E-state index in [2.05, 4.69) is 10.1 Å².